The van der Waals surface area contributed by atoms with Crippen LogP contribution in [-0.2, 0) is 9.53 Å². The Hall–Kier alpha value is -1.12. The third-order valence-electron chi connectivity index (χ3n) is 4.13. The maximum Gasteiger partial charge on any atom is 0.228 e. The van der Waals surface area contributed by atoms with Crippen molar-refractivity contribution in [1.29, 1.82) is 0 Å². The molecule has 1 amide bonds. The van der Waals surface area contributed by atoms with Gasteiger partial charge in [0.05, 0.1) is 29.3 Å². The molecule has 1 fully saturated rings. The highest BCUT2D eigenvalue weighted by atomic mass is 35.5. The third kappa shape index (κ3) is 5.18. The van der Waals surface area contributed by atoms with Crippen molar-refractivity contribution in [1.82, 2.24) is 4.98 Å². The number of nitrogens with two attached hydrogens (primary N) is 1. The van der Waals surface area contributed by atoms with Crippen molar-refractivity contribution in [3.05, 3.63) is 18.2 Å². The normalized spacial score (nSPS) is 16.5. The van der Waals surface area contributed by atoms with Crippen molar-refractivity contribution >= 4 is 63.1 Å². The number of nitrogens with zero attached hydrogens (tertiary/aromatic N) is 2. The van der Waals surface area contributed by atoms with Crippen LogP contribution in [-0.4, -0.2) is 43.2 Å². The summed E-state index contributed by atoms with van der Waals surface area (Å²) in [7, 11) is 0. The third-order valence-corrected chi connectivity index (χ3v) is 5.21. The van der Waals surface area contributed by atoms with Crippen LogP contribution < -0.4 is 16.0 Å². The SMILES string of the molecule is CC(N)C(C)C(=O)Nc1ccc2nc(N3CCOCC3)sc2c1.Cl.Cl. The predicted octanol–water partition coefficient (Wildman–Crippen LogP) is 2.90. The number of benzene rings is 1. The number of fused-ring (bicyclic) bond motifs is 1. The first kappa shape index (κ1) is 21.9. The maximum atomic E-state index is 12.1. The van der Waals surface area contributed by atoms with Crippen LogP contribution in [0.3, 0.4) is 0 Å². The van der Waals surface area contributed by atoms with E-state index in [1.54, 1.807) is 11.3 Å². The summed E-state index contributed by atoms with van der Waals surface area (Å²) in [4.78, 5) is 19.0. The molecule has 0 bridgehead atoms. The van der Waals surface area contributed by atoms with Gasteiger partial charge in [0.15, 0.2) is 5.13 Å². The number of ether oxygens (including phenoxy) is 1. The highest BCUT2D eigenvalue weighted by Gasteiger charge is 2.18. The number of thiazole rings is 1. The van der Waals surface area contributed by atoms with Gasteiger partial charge >= 0.3 is 0 Å². The molecule has 0 saturated carbocycles. The summed E-state index contributed by atoms with van der Waals surface area (Å²) in [6, 6.07) is 5.64. The van der Waals surface area contributed by atoms with Gasteiger partial charge in [-0.2, -0.15) is 0 Å². The molecule has 1 aromatic carbocycles. The second kappa shape index (κ2) is 9.54. The minimum Gasteiger partial charge on any atom is -0.378 e. The van der Waals surface area contributed by atoms with Gasteiger partial charge in [0.2, 0.25) is 5.91 Å². The van der Waals surface area contributed by atoms with Gasteiger partial charge in [-0.05, 0) is 25.1 Å². The molecule has 2 aromatic rings. The summed E-state index contributed by atoms with van der Waals surface area (Å²) in [5.74, 6) is -0.284. The summed E-state index contributed by atoms with van der Waals surface area (Å²) in [5, 5.41) is 3.94. The minimum absolute atomic E-state index is 0. The second-order valence-electron chi connectivity index (χ2n) is 5.92. The van der Waals surface area contributed by atoms with E-state index in [2.05, 4.69) is 15.2 Å². The minimum atomic E-state index is -0.226. The Morgan fingerprint density at radius 1 is 1.32 bits per heavy atom. The monoisotopic (exact) mass is 406 g/mol. The largest absolute Gasteiger partial charge is 0.378 e. The van der Waals surface area contributed by atoms with Gasteiger partial charge in [-0.25, -0.2) is 4.98 Å². The molecular weight excluding hydrogens is 383 g/mol. The molecule has 2 atom stereocenters. The molecule has 1 saturated heterocycles. The fourth-order valence-corrected chi connectivity index (χ4v) is 3.43. The van der Waals surface area contributed by atoms with Gasteiger partial charge in [0.25, 0.3) is 0 Å². The van der Waals surface area contributed by atoms with Crippen LogP contribution in [0.25, 0.3) is 10.2 Å². The van der Waals surface area contributed by atoms with Crippen molar-refractivity contribution in [3.8, 4) is 0 Å². The van der Waals surface area contributed by atoms with Crippen LogP contribution in [0.2, 0.25) is 0 Å². The number of carbonyl (C=O) groups excluding carboxylic acids is 1. The average Bonchev–Trinajstić information content (AvgIpc) is 2.98. The number of halogens is 2. The van der Waals surface area contributed by atoms with Crippen molar-refractivity contribution in [2.75, 3.05) is 36.5 Å². The Bertz CT molecular complexity index is 704. The first-order chi connectivity index (χ1) is 11.0. The summed E-state index contributed by atoms with van der Waals surface area (Å²) in [6.45, 7) is 6.90. The van der Waals surface area contributed by atoms with Gasteiger partial charge in [-0.3, -0.25) is 4.79 Å². The highest BCUT2D eigenvalue weighted by Crippen LogP contribution is 2.31. The van der Waals surface area contributed by atoms with E-state index >= 15 is 0 Å². The molecule has 9 heteroatoms. The van der Waals surface area contributed by atoms with E-state index in [0.29, 0.717) is 0 Å². The van der Waals surface area contributed by atoms with Crippen LogP contribution in [0.4, 0.5) is 10.8 Å². The van der Waals surface area contributed by atoms with Gasteiger partial charge in [0, 0.05) is 24.8 Å². The zero-order valence-corrected chi connectivity index (χ0v) is 16.7. The molecule has 0 radical (unpaired) electrons. The number of amides is 1. The number of morpholine rings is 1. The molecule has 140 valence electrons. The van der Waals surface area contributed by atoms with E-state index in [4.69, 9.17) is 10.5 Å². The summed E-state index contributed by atoms with van der Waals surface area (Å²) < 4.78 is 6.44. The quantitative estimate of drug-likeness (QED) is 0.815. The van der Waals surface area contributed by atoms with Crippen LogP contribution in [0.1, 0.15) is 13.8 Å². The molecule has 0 spiro atoms. The number of aromatic nitrogens is 1. The number of rotatable bonds is 4. The number of nitrogens with one attached hydrogen (secondary N) is 1. The highest BCUT2D eigenvalue weighted by molar-refractivity contribution is 7.22. The lowest BCUT2D eigenvalue weighted by atomic mass is 10.0. The molecule has 0 aliphatic carbocycles. The Kier molecular flexibility index (Phi) is 8.37. The lowest BCUT2D eigenvalue weighted by molar-refractivity contribution is -0.119. The number of anilines is 2. The predicted molar refractivity (Wildman–Crippen MR) is 109 cm³/mol. The Balaban J connectivity index is 0.00000156. The van der Waals surface area contributed by atoms with Crippen LogP contribution >= 0.6 is 36.2 Å². The molecule has 1 aromatic heterocycles. The summed E-state index contributed by atoms with van der Waals surface area (Å²) in [6.07, 6.45) is 0. The molecule has 3 N–H and O–H groups in total. The Morgan fingerprint density at radius 2 is 2.00 bits per heavy atom. The molecule has 6 nitrogen and oxygen atoms in total. The zero-order chi connectivity index (χ0) is 16.4. The van der Waals surface area contributed by atoms with E-state index in [0.717, 1.165) is 47.3 Å². The fraction of sp³-hybridized carbons (Fsp3) is 0.500. The van der Waals surface area contributed by atoms with Crippen molar-refractivity contribution in [2.45, 2.75) is 19.9 Å². The van der Waals surface area contributed by atoms with E-state index < -0.39 is 0 Å². The first-order valence-electron chi connectivity index (χ1n) is 7.84. The van der Waals surface area contributed by atoms with E-state index in [1.807, 2.05) is 32.0 Å². The van der Waals surface area contributed by atoms with Crippen LogP contribution in [0.15, 0.2) is 18.2 Å². The summed E-state index contributed by atoms with van der Waals surface area (Å²) >= 11 is 1.64. The topological polar surface area (TPSA) is 80.5 Å². The Morgan fingerprint density at radius 3 is 2.64 bits per heavy atom. The molecule has 25 heavy (non-hydrogen) atoms. The molecule has 1 aliphatic rings. The Labute approximate surface area is 163 Å². The van der Waals surface area contributed by atoms with Crippen LogP contribution in [0, 0.1) is 5.92 Å². The molecule has 1 aliphatic heterocycles. The van der Waals surface area contributed by atoms with Gasteiger partial charge < -0.3 is 20.7 Å². The van der Waals surface area contributed by atoms with Gasteiger partial charge in [-0.15, -0.1) is 24.8 Å². The first-order valence-corrected chi connectivity index (χ1v) is 8.66. The summed E-state index contributed by atoms with van der Waals surface area (Å²) in [5.41, 5.74) is 7.52. The lowest BCUT2D eigenvalue weighted by Crippen LogP contribution is -2.36. The number of hydrogen-bond acceptors (Lipinski definition) is 6. The number of hydrogen-bond donors (Lipinski definition) is 2. The smallest absolute Gasteiger partial charge is 0.228 e. The van der Waals surface area contributed by atoms with Crippen molar-refractivity contribution in [2.24, 2.45) is 11.7 Å². The second-order valence-corrected chi connectivity index (χ2v) is 6.92. The zero-order valence-electron chi connectivity index (χ0n) is 14.2. The van der Waals surface area contributed by atoms with Crippen molar-refractivity contribution in [3.63, 3.8) is 0 Å². The molecule has 2 unspecified atom stereocenters. The van der Waals surface area contributed by atoms with Crippen molar-refractivity contribution < 1.29 is 9.53 Å². The van der Waals surface area contributed by atoms with Gasteiger partial charge in [-0.1, -0.05) is 18.3 Å². The number of carbonyl (C=O) groups is 1. The molecule has 3 rings (SSSR count). The average molecular weight is 407 g/mol. The molecule has 2 heterocycles. The van der Waals surface area contributed by atoms with E-state index in [1.165, 1.54) is 0 Å². The lowest BCUT2D eigenvalue weighted by Gasteiger charge is -2.25. The van der Waals surface area contributed by atoms with Gasteiger partial charge in [0.1, 0.15) is 0 Å². The fourth-order valence-electron chi connectivity index (χ4n) is 2.37. The maximum absolute atomic E-state index is 12.1. The van der Waals surface area contributed by atoms with Crippen LogP contribution in [0.5, 0.6) is 0 Å². The van der Waals surface area contributed by atoms with E-state index in [-0.39, 0.29) is 42.7 Å². The molecular formula is C16H24Cl2N4O2S. The van der Waals surface area contributed by atoms with E-state index in [9.17, 15) is 4.79 Å². The standard InChI is InChI=1S/C16H22N4O2S.2ClH/c1-10(11(2)17)15(21)18-12-3-4-13-14(9-12)23-16(19-13)20-5-7-22-8-6-20;;/h3-4,9-11H,5-8,17H2,1-2H3,(H,18,21);2*1H.